The van der Waals surface area contributed by atoms with Crippen LogP contribution in [0.25, 0.3) is 0 Å². The van der Waals surface area contributed by atoms with Crippen LogP contribution in [-0.2, 0) is 53.1 Å². The van der Waals surface area contributed by atoms with Gasteiger partial charge in [0.2, 0.25) is 0 Å². The van der Waals surface area contributed by atoms with Crippen LogP contribution in [0.4, 0.5) is 0 Å². The second kappa shape index (κ2) is 10.1. The van der Waals surface area contributed by atoms with Crippen molar-refractivity contribution in [3.63, 3.8) is 0 Å². The van der Waals surface area contributed by atoms with E-state index < -0.39 is 88.7 Å². The number of hydrogen-bond acceptors (Lipinski definition) is 14. The van der Waals surface area contributed by atoms with Crippen LogP contribution in [0.5, 0.6) is 0 Å². The van der Waals surface area contributed by atoms with Crippen molar-refractivity contribution in [1.29, 1.82) is 0 Å². The molecule has 0 amide bonds. The molecule has 2 rings (SSSR count). The molecule has 0 aromatic rings. The number of ether oxygens (including phenoxy) is 5. The van der Waals surface area contributed by atoms with Gasteiger partial charge in [-0.1, -0.05) is 0 Å². The summed E-state index contributed by atoms with van der Waals surface area (Å²) < 4.78 is 55.7. The molecule has 190 valence electrons. The first-order valence-corrected chi connectivity index (χ1v) is 11.0. The van der Waals surface area contributed by atoms with Gasteiger partial charge in [0.05, 0.1) is 0 Å². The van der Waals surface area contributed by atoms with Crippen molar-refractivity contribution >= 4 is 39.9 Å². The van der Waals surface area contributed by atoms with E-state index in [0.717, 1.165) is 27.7 Å². The molecule has 0 spiro atoms. The van der Waals surface area contributed by atoms with E-state index >= 15 is 0 Å². The molecular formula is C17H25N5O11S. The second-order valence-electron chi connectivity index (χ2n) is 7.14. The summed E-state index contributed by atoms with van der Waals surface area (Å²) in [4.78, 5) is 46.9. The molecule has 1 fully saturated rings. The van der Waals surface area contributed by atoms with Crippen LogP contribution in [0.3, 0.4) is 0 Å². The molecule has 2 aliphatic heterocycles. The van der Waals surface area contributed by atoms with Gasteiger partial charge in [-0.3, -0.25) is 19.2 Å². The molecule has 6 N–H and O–H groups in total. The maximum absolute atomic E-state index is 12.8. The Bertz CT molecular complexity index is 1040. The topological polar surface area (TPSA) is 242 Å². The average molecular weight is 507 g/mol. The summed E-state index contributed by atoms with van der Waals surface area (Å²) in [7, 11) is -4.71. The standard InChI is InChI=1S/C17H25N5O11S/c1-6(23)29-5-10-12(30-7(2)24)13(31-8(3)25)14(32-9(4)26)17(33-10)22-16(20)11(18)15(19)21-34(22,27)28/h10,12-14,17H,5,18,20H2,1-4H3,(H2,19,21)/t10-,12-,13+,14-,17-/m1/s1. The number of amidine groups is 1. The first kappa shape index (κ1) is 26.7. The number of nitrogens with two attached hydrogens (primary N) is 3. The van der Waals surface area contributed by atoms with Gasteiger partial charge in [0.15, 0.2) is 30.4 Å². The highest BCUT2D eigenvalue weighted by Gasteiger charge is 2.56. The lowest BCUT2D eigenvalue weighted by atomic mass is 9.97. The minimum Gasteiger partial charge on any atom is -0.463 e. The Hall–Kier alpha value is -3.60. The van der Waals surface area contributed by atoms with Gasteiger partial charge in [-0.2, -0.15) is 8.42 Å². The molecule has 0 aromatic heterocycles. The van der Waals surface area contributed by atoms with Crippen LogP contribution >= 0.6 is 0 Å². The third-order valence-electron chi connectivity index (χ3n) is 4.45. The van der Waals surface area contributed by atoms with Gasteiger partial charge in [-0.15, -0.1) is 4.40 Å². The zero-order valence-corrected chi connectivity index (χ0v) is 19.4. The summed E-state index contributed by atoms with van der Waals surface area (Å²) in [5.41, 5.74) is 16.7. The molecule has 2 heterocycles. The number of nitrogens with zero attached hydrogens (tertiary/aromatic N) is 2. The lowest BCUT2D eigenvalue weighted by molar-refractivity contribution is -0.267. The first-order chi connectivity index (χ1) is 15.7. The number of carbonyl (C=O) groups excluding carboxylic acids is 4. The summed E-state index contributed by atoms with van der Waals surface area (Å²) >= 11 is 0. The molecule has 0 aromatic carbocycles. The Balaban J connectivity index is 2.69. The van der Waals surface area contributed by atoms with E-state index in [1.807, 2.05) is 0 Å². The zero-order chi connectivity index (χ0) is 26.0. The van der Waals surface area contributed by atoms with Crippen molar-refractivity contribution in [2.24, 2.45) is 21.6 Å². The molecule has 0 unspecified atom stereocenters. The zero-order valence-electron chi connectivity index (χ0n) is 18.6. The Kier molecular flexibility index (Phi) is 7.93. The molecule has 0 saturated carbocycles. The smallest absolute Gasteiger partial charge is 0.350 e. The Morgan fingerprint density at radius 2 is 1.38 bits per heavy atom. The van der Waals surface area contributed by atoms with Gasteiger partial charge in [-0.25, -0.2) is 4.31 Å². The van der Waals surface area contributed by atoms with E-state index in [2.05, 4.69) is 4.40 Å². The van der Waals surface area contributed by atoms with Gasteiger partial charge in [0.25, 0.3) is 0 Å². The van der Waals surface area contributed by atoms with Crippen LogP contribution < -0.4 is 17.2 Å². The quantitative estimate of drug-likeness (QED) is 0.241. The van der Waals surface area contributed by atoms with Crippen molar-refractivity contribution in [3.8, 4) is 0 Å². The highest BCUT2D eigenvalue weighted by atomic mass is 32.2. The van der Waals surface area contributed by atoms with Gasteiger partial charge < -0.3 is 40.9 Å². The summed E-state index contributed by atoms with van der Waals surface area (Å²) in [5, 5.41) is 0. The van der Waals surface area contributed by atoms with Crippen molar-refractivity contribution in [1.82, 2.24) is 4.31 Å². The predicted molar refractivity (Wildman–Crippen MR) is 110 cm³/mol. The van der Waals surface area contributed by atoms with Crippen LogP contribution in [0.15, 0.2) is 15.9 Å². The minimum atomic E-state index is -4.71. The lowest BCUT2D eigenvalue weighted by Crippen LogP contribution is -2.67. The normalized spacial score (nSPS) is 28.4. The molecule has 1 saturated heterocycles. The molecule has 2 aliphatic rings. The van der Waals surface area contributed by atoms with Gasteiger partial charge in [0, 0.05) is 27.7 Å². The number of carbonyl (C=O) groups is 4. The van der Waals surface area contributed by atoms with E-state index in [-0.39, 0.29) is 0 Å². The third kappa shape index (κ3) is 5.84. The first-order valence-electron chi connectivity index (χ1n) is 9.61. The number of rotatable bonds is 6. The fraction of sp³-hybridized carbons (Fsp3) is 0.588. The monoisotopic (exact) mass is 507 g/mol. The van der Waals surface area contributed by atoms with Gasteiger partial charge in [0.1, 0.15) is 24.2 Å². The molecule has 0 bridgehead atoms. The van der Waals surface area contributed by atoms with E-state index in [1.165, 1.54) is 0 Å². The van der Waals surface area contributed by atoms with Crippen LogP contribution in [-0.4, -0.2) is 79.7 Å². The summed E-state index contributed by atoms with van der Waals surface area (Å²) in [6, 6.07) is 0. The molecular weight excluding hydrogens is 482 g/mol. The third-order valence-corrected chi connectivity index (χ3v) is 5.78. The second-order valence-corrected chi connectivity index (χ2v) is 8.61. The predicted octanol–water partition coefficient (Wildman–Crippen LogP) is -2.93. The van der Waals surface area contributed by atoms with E-state index in [0.29, 0.717) is 4.31 Å². The summed E-state index contributed by atoms with van der Waals surface area (Å²) in [6.07, 6.45) is -8.14. The summed E-state index contributed by atoms with van der Waals surface area (Å²) in [6.45, 7) is 3.54. The summed E-state index contributed by atoms with van der Waals surface area (Å²) in [5.74, 6) is -4.68. The van der Waals surface area contributed by atoms with Gasteiger partial charge >= 0.3 is 34.1 Å². The van der Waals surface area contributed by atoms with Crippen LogP contribution in [0.1, 0.15) is 27.7 Å². The molecule has 16 nitrogen and oxygen atoms in total. The SMILES string of the molecule is CC(=O)OC[C@H]1O[C@@H](N2C(N)=C(N)C(N)=NS2(=O)=O)[C@H](OC(C)=O)[C@@H](OC(C)=O)[C@@H]1OC(C)=O. The van der Waals surface area contributed by atoms with E-state index in [9.17, 15) is 27.6 Å². The highest BCUT2D eigenvalue weighted by molar-refractivity contribution is 7.88. The molecule has 5 atom stereocenters. The van der Waals surface area contributed by atoms with Crippen LogP contribution in [0.2, 0.25) is 0 Å². The van der Waals surface area contributed by atoms with Crippen molar-refractivity contribution in [3.05, 3.63) is 11.5 Å². The fourth-order valence-electron chi connectivity index (χ4n) is 3.25. The van der Waals surface area contributed by atoms with Gasteiger partial charge in [-0.05, 0) is 0 Å². The average Bonchev–Trinajstić information content (AvgIpc) is 2.67. The van der Waals surface area contributed by atoms with E-state index in [4.69, 9.17) is 40.9 Å². The molecule has 0 radical (unpaired) electrons. The van der Waals surface area contributed by atoms with Crippen molar-refractivity contribution in [2.75, 3.05) is 6.61 Å². The van der Waals surface area contributed by atoms with Crippen LogP contribution in [0, 0.1) is 0 Å². The maximum atomic E-state index is 12.8. The number of hydrogen-bond donors (Lipinski definition) is 3. The maximum Gasteiger partial charge on any atom is 0.350 e. The lowest BCUT2D eigenvalue weighted by Gasteiger charge is -2.47. The fourth-order valence-corrected chi connectivity index (χ4v) is 4.47. The molecule has 0 aliphatic carbocycles. The van der Waals surface area contributed by atoms with E-state index in [1.54, 1.807) is 0 Å². The van der Waals surface area contributed by atoms with Crippen molar-refractivity contribution in [2.45, 2.75) is 58.3 Å². The minimum absolute atomic E-state index is 0.369. The largest absolute Gasteiger partial charge is 0.463 e. The number of esters is 4. The van der Waals surface area contributed by atoms with Crippen molar-refractivity contribution < 1.29 is 51.3 Å². The Morgan fingerprint density at radius 1 is 0.882 bits per heavy atom. The Labute approximate surface area is 194 Å². The highest BCUT2D eigenvalue weighted by Crippen LogP contribution is 2.34. The Morgan fingerprint density at radius 3 is 1.88 bits per heavy atom. The molecule has 34 heavy (non-hydrogen) atoms. The molecule has 17 heteroatoms.